The molecule has 0 aromatic heterocycles. The zero-order chi connectivity index (χ0) is 23.0. The summed E-state index contributed by atoms with van der Waals surface area (Å²) in [7, 11) is -1.48. The molecule has 4 aromatic rings. The summed E-state index contributed by atoms with van der Waals surface area (Å²) in [5.41, 5.74) is 14.3. The monoisotopic (exact) mass is 588 g/mol. The van der Waals surface area contributed by atoms with Crippen molar-refractivity contribution in [1.29, 1.82) is 0 Å². The van der Waals surface area contributed by atoms with Gasteiger partial charge in [-0.2, -0.15) is 0 Å². The van der Waals surface area contributed by atoms with Crippen LogP contribution in [0.3, 0.4) is 0 Å². The van der Waals surface area contributed by atoms with Crippen LogP contribution in [0.15, 0.2) is 66.7 Å². The zero-order valence-corrected chi connectivity index (χ0v) is 27.3. The molecule has 0 aliphatic carbocycles. The van der Waals surface area contributed by atoms with Gasteiger partial charge in [0.15, 0.2) is 0 Å². The molecule has 0 nitrogen and oxygen atoms in total. The summed E-state index contributed by atoms with van der Waals surface area (Å²) in [5, 5.41) is 3.14. The molecule has 4 rings (SSSR count). The van der Waals surface area contributed by atoms with Gasteiger partial charge in [0.05, 0.1) is 0 Å². The first kappa shape index (κ1) is 34.8. The van der Waals surface area contributed by atoms with Gasteiger partial charge in [-0.05, 0) is 33.7 Å². The van der Waals surface area contributed by atoms with E-state index in [0.717, 1.165) is 6.04 Å². The summed E-state index contributed by atoms with van der Waals surface area (Å²) >= 11 is 0. The van der Waals surface area contributed by atoms with Gasteiger partial charge in [0.25, 0.3) is 0 Å². The number of aryl methyl sites for hydroxylation is 4. The summed E-state index contributed by atoms with van der Waals surface area (Å²) in [6, 6.07) is 26.4. The second-order valence-electron chi connectivity index (χ2n) is 9.63. The third kappa shape index (κ3) is 7.22. The van der Waals surface area contributed by atoms with Crippen molar-refractivity contribution < 1.29 is 58.9 Å². The molecule has 1 unspecified atom stereocenters. The third-order valence-corrected chi connectivity index (χ3v) is 10.5. The fourth-order valence-corrected chi connectivity index (χ4v) is 9.02. The standard InChI is InChI=1S/C31H35Si.3ClH.Ti/c1-20-13-14-30(23(4)16-20)32(28-17-21(2)15-22(3)18-28)19-29-25(6)24(5)26(7)31(29)27-11-9-8-10-12-27;;;;/h8-18,32H,19H2,1-7H3;3*1H;/q-1;;;;+4/p-3. The van der Waals surface area contributed by atoms with E-state index in [1.165, 1.54) is 50.1 Å². The van der Waals surface area contributed by atoms with Crippen LogP contribution in [0.1, 0.15) is 44.5 Å². The van der Waals surface area contributed by atoms with Gasteiger partial charge in [-0.15, -0.1) is 39.9 Å². The number of benzene rings is 3. The van der Waals surface area contributed by atoms with Crippen LogP contribution in [-0.2, 0) is 27.8 Å². The van der Waals surface area contributed by atoms with Gasteiger partial charge in [-0.1, -0.05) is 114 Å². The molecule has 0 amide bonds. The molecule has 4 aromatic carbocycles. The van der Waals surface area contributed by atoms with Gasteiger partial charge < -0.3 is 37.2 Å². The summed E-state index contributed by atoms with van der Waals surface area (Å²) in [6.45, 7) is 15.9. The largest absolute Gasteiger partial charge is 4.00 e. The Morgan fingerprint density at radius 3 is 1.78 bits per heavy atom. The predicted molar refractivity (Wildman–Crippen MR) is 144 cm³/mol. The maximum absolute atomic E-state index is 2.45. The Balaban J connectivity index is 0.00000306. The average Bonchev–Trinajstić information content (AvgIpc) is 2.96. The predicted octanol–water partition coefficient (Wildman–Crippen LogP) is -2.64. The van der Waals surface area contributed by atoms with Gasteiger partial charge in [0.1, 0.15) is 8.80 Å². The van der Waals surface area contributed by atoms with E-state index in [4.69, 9.17) is 0 Å². The van der Waals surface area contributed by atoms with Crippen molar-refractivity contribution in [2.75, 3.05) is 0 Å². The molecule has 0 bridgehead atoms. The minimum Gasteiger partial charge on any atom is -1.00 e. The van der Waals surface area contributed by atoms with E-state index in [1.54, 1.807) is 15.9 Å². The van der Waals surface area contributed by atoms with Crippen molar-refractivity contribution in [3.05, 3.63) is 111 Å². The first-order valence-corrected chi connectivity index (χ1v) is 13.7. The van der Waals surface area contributed by atoms with E-state index in [1.807, 2.05) is 0 Å². The topological polar surface area (TPSA) is 0 Å². The molecule has 188 valence electrons. The molecule has 0 spiro atoms. The quantitative estimate of drug-likeness (QED) is 0.177. The smallest absolute Gasteiger partial charge is 1.00 e. The summed E-state index contributed by atoms with van der Waals surface area (Å²) in [4.78, 5) is 0. The maximum atomic E-state index is 2.45. The minimum atomic E-state index is -1.48. The van der Waals surface area contributed by atoms with Gasteiger partial charge >= 0.3 is 21.7 Å². The minimum absolute atomic E-state index is 0. The van der Waals surface area contributed by atoms with Crippen molar-refractivity contribution in [3.63, 3.8) is 0 Å². The Hall–Kier alpha value is -1.19. The number of halogens is 3. The SMILES string of the molecule is Cc1cc(C)cc([SiH](Cc2c(C)c(C)c(C)[c-]2-c2ccccc2)c2ccc(C)cc2C)c1.[Cl-].[Cl-].[Cl-].[Ti+4]. The van der Waals surface area contributed by atoms with Crippen molar-refractivity contribution in [2.24, 2.45) is 0 Å². The fraction of sp³-hybridized carbons (Fsp3) is 0.258. The van der Waals surface area contributed by atoms with Crippen LogP contribution in [0.5, 0.6) is 0 Å². The van der Waals surface area contributed by atoms with Crippen molar-refractivity contribution in [3.8, 4) is 11.1 Å². The maximum Gasteiger partial charge on any atom is 4.00 e. The zero-order valence-electron chi connectivity index (χ0n) is 22.3. The Labute approximate surface area is 253 Å². The summed E-state index contributed by atoms with van der Waals surface area (Å²) in [6.07, 6.45) is 0. The molecule has 0 radical (unpaired) electrons. The molecule has 5 heteroatoms. The van der Waals surface area contributed by atoms with Crippen molar-refractivity contribution >= 4 is 19.2 Å². The molecule has 0 saturated carbocycles. The van der Waals surface area contributed by atoms with Gasteiger partial charge in [0.2, 0.25) is 0 Å². The molecular formula is C31H35Cl3SiTi. The third-order valence-electron chi connectivity index (χ3n) is 7.17. The first-order chi connectivity index (χ1) is 15.3. The Morgan fingerprint density at radius 1 is 0.639 bits per heavy atom. The van der Waals surface area contributed by atoms with Gasteiger partial charge in [-0.3, -0.25) is 0 Å². The average molecular weight is 590 g/mol. The van der Waals surface area contributed by atoms with Gasteiger partial charge in [0, 0.05) is 0 Å². The van der Waals surface area contributed by atoms with Gasteiger partial charge in [-0.25, -0.2) is 0 Å². The van der Waals surface area contributed by atoms with E-state index in [-0.39, 0.29) is 58.9 Å². The second-order valence-corrected chi connectivity index (χ2v) is 12.4. The molecule has 0 fully saturated rings. The fourth-order valence-electron chi connectivity index (χ4n) is 5.40. The van der Waals surface area contributed by atoms with Crippen LogP contribution in [0.25, 0.3) is 11.1 Å². The molecule has 36 heavy (non-hydrogen) atoms. The van der Waals surface area contributed by atoms with E-state index in [2.05, 4.69) is 115 Å². The Kier molecular flexibility index (Phi) is 14.2. The van der Waals surface area contributed by atoms with Crippen LogP contribution in [0.2, 0.25) is 0 Å². The molecule has 0 heterocycles. The second kappa shape index (κ2) is 14.7. The molecular weight excluding hydrogens is 555 g/mol. The van der Waals surface area contributed by atoms with E-state index in [9.17, 15) is 0 Å². The van der Waals surface area contributed by atoms with Crippen LogP contribution in [-0.4, -0.2) is 8.80 Å². The van der Waals surface area contributed by atoms with Crippen LogP contribution in [0.4, 0.5) is 0 Å². The van der Waals surface area contributed by atoms with Crippen LogP contribution >= 0.6 is 0 Å². The number of hydrogen-bond acceptors (Lipinski definition) is 0. The van der Waals surface area contributed by atoms with E-state index < -0.39 is 8.80 Å². The van der Waals surface area contributed by atoms with E-state index in [0.29, 0.717) is 0 Å². The molecule has 1 atom stereocenters. The van der Waals surface area contributed by atoms with Crippen molar-refractivity contribution in [1.82, 2.24) is 0 Å². The van der Waals surface area contributed by atoms with Crippen LogP contribution < -0.4 is 47.6 Å². The van der Waals surface area contributed by atoms with E-state index >= 15 is 0 Å². The Morgan fingerprint density at radius 2 is 1.22 bits per heavy atom. The summed E-state index contributed by atoms with van der Waals surface area (Å²) in [5.74, 6) is 0. The number of hydrogen-bond donors (Lipinski definition) is 0. The first-order valence-electron chi connectivity index (χ1n) is 11.7. The molecule has 0 N–H and O–H groups in total. The van der Waals surface area contributed by atoms with Crippen molar-refractivity contribution in [2.45, 2.75) is 54.5 Å². The Bertz CT molecular complexity index is 1260. The number of rotatable bonds is 5. The molecule has 0 aliphatic rings. The summed E-state index contributed by atoms with van der Waals surface area (Å²) < 4.78 is 0. The molecule has 0 aliphatic heterocycles. The normalized spacial score (nSPS) is 10.9. The van der Waals surface area contributed by atoms with Crippen LogP contribution in [0, 0.1) is 48.5 Å². The molecule has 0 saturated heterocycles.